The molecule has 4 rings (SSSR count). The molecule has 2 heterocycles. The number of sulfone groups is 1. The third-order valence-corrected chi connectivity index (χ3v) is 9.80. The van der Waals surface area contributed by atoms with Gasteiger partial charge in [-0.2, -0.15) is 9.97 Å². The van der Waals surface area contributed by atoms with Gasteiger partial charge >= 0.3 is 0 Å². The molecule has 2 aromatic heterocycles. The van der Waals surface area contributed by atoms with Gasteiger partial charge in [0.1, 0.15) is 5.82 Å². The zero-order valence-corrected chi connectivity index (χ0v) is 24.1. The maximum Gasteiger partial charge on any atom is 0.233 e. The summed E-state index contributed by atoms with van der Waals surface area (Å²) in [4.78, 5) is 26.7. The van der Waals surface area contributed by atoms with Crippen LogP contribution < -0.4 is 14.8 Å². The van der Waals surface area contributed by atoms with E-state index in [1.54, 1.807) is 36.5 Å². The number of hydrogen-bond donors (Lipinski definition) is 1. The molecule has 1 aromatic carbocycles. The third kappa shape index (κ3) is 7.67. The summed E-state index contributed by atoms with van der Waals surface area (Å²) in [5.41, 5.74) is 0.808. The van der Waals surface area contributed by atoms with Gasteiger partial charge in [0.05, 0.1) is 47.3 Å². The fraction of sp³-hybridized carbons (Fsp3) is 0.462. The smallest absolute Gasteiger partial charge is 0.233 e. The molecule has 204 valence electrons. The van der Waals surface area contributed by atoms with Crippen LogP contribution in [0.3, 0.4) is 0 Å². The zero-order chi connectivity index (χ0) is 27.1. The Hall–Kier alpha value is -2.70. The first-order valence-corrected chi connectivity index (χ1v) is 16.1. The molecule has 1 N–H and O–H groups in total. The number of nitrogens with one attached hydrogen (secondary N) is 1. The fourth-order valence-corrected chi connectivity index (χ4v) is 6.89. The molecule has 0 aliphatic heterocycles. The van der Waals surface area contributed by atoms with Crippen LogP contribution in [-0.4, -0.2) is 49.8 Å². The van der Waals surface area contributed by atoms with E-state index in [-0.39, 0.29) is 16.7 Å². The van der Waals surface area contributed by atoms with Gasteiger partial charge in [-0.1, -0.05) is 49.2 Å². The topological polar surface area (TPSA) is 120 Å². The van der Waals surface area contributed by atoms with Crippen LogP contribution in [0.4, 0.5) is 5.13 Å². The molecule has 12 heteroatoms. The van der Waals surface area contributed by atoms with E-state index in [4.69, 9.17) is 9.47 Å². The highest BCUT2D eigenvalue weighted by Crippen LogP contribution is 2.35. The summed E-state index contributed by atoms with van der Waals surface area (Å²) in [6, 6.07) is 8.27. The number of methoxy groups -OCH3 is 2. The van der Waals surface area contributed by atoms with Gasteiger partial charge in [0, 0.05) is 6.26 Å². The van der Waals surface area contributed by atoms with E-state index in [2.05, 4.69) is 20.3 Å². The van der Waals surface area contributed by atoms with Gasteiger partial charge in [-0.3, -0.25) is 4.79 Å². The predicted octanol–water partition coefficient (Wildman–Crippen LogP) is 5.34. The second kappa shape index (κ2) is 12.9. The molecule has 1 atom stereocenters. The Balaban J connectivity index is 1.43. The van der Waals surface area contributed by atoms with Crippen LogP contribution in [0.2, 0.25) is 0 Å². The normalized spacial score (nSPS) is 14.8. The van der Waals surface area contributed by atoms with Crippen LogP contribution in [0.5, 0.6) is 11.8 Å². The van der Waals surface area contributed by atoms with E-state index >= 15 is 0 Å². The van der Waals surface area contributed by atoms with Crippen molar-refractivity contribution in [1.29, 1.82) is 0 Å². The lowest BCUT2D eigenvalue weighted by Gasteiger charge is -2.19. The van der Waals surface area contributed by atoms with Crippen molar-refractivity contribution in [2.45, 2.75) is 59.3 Å². The molecular weight excluding hydrogens is 545 g/mol. The summed E-state index contributed by atoms with van der Waals surface area (Å²) in [5.74, 6) is 2.02. The minimum absolute atomic E-state index is 0.137. The van der Waals surface area contributed by atoms with Crippen molar-refractivity contribution in [1.82, 2.24) is 15.0 Å². The van der Waals surface area contributed by atoms with E-state index in [1.807, 2.05) is 0 Å². The summed E-state index contributed by atoms with van der Waals surface area (Å²) in [7, 11) is -0.225. The summed E-state index contributed by atoms with van der Waals surface area (Å²) < 4.78 is 35.1. The van der Waals surface area contributed by atoms with Crippen LogP contribution in [0.1, 0.15) is 55.8 Å². The molecule has 0 unspecified atom stereocenters. The van der Waals surface area contributed by atoms with Crippen molar-refractivity contribution in [2.75, 3.05) is 25.8 Å². The summed E-state index contributed by atoms with van der Waals surface area (Å²) in [6.07, 6.45) is 9.48. The Bertz CT molecular complexity index is 1320. The maximum atomic E-state index is 13.4. The fourth-order valence-electron chi connectivity index (χ4n) is 4.53. The lowest BCUT2D eigenvalue weighted by molar-refractivity contribution is -0.117. The minimum atomic E-state index is -3.30. The molecule has 3 aromatic rings. The number of thioether (sulfide) groups is 1. The molecule has 1 saturated carbocycles. The number of thiazole rings is 1. The van der Waals surface area contributed by atoms with Crippen molar-refractivity contribution in [2.24, 2.45) is 5.92 Å². The average molecular weight is 577 g/mol. The highest BCUT2D eigenvalue weighted by molar-refractivity contribution is 8.00. The summed E-state index contributed by atoms with van der Waals surface area (Å²) >= 11 is 2.89. The number of nitrogens with zero attached hydrogens (tertiary/aromatic N) is 3. The van der Waals surface area contributed by atoms with Crippen LogP contribution in [0.15, 0.2) is 45.6 Å². The maximum absolute atomic E-state index is 13.4. The molecule has 1 fully saturated rings. The van der Waals surface area contributed by atoms with Crippen molar-refractivity contribution in [3.05, 3.63) is 47.9 Å². The quantitative estimate of drug-likeness (QED) is 0.285. The van der Waals surface area contributed by atoms with Gasteiger partial charge in [0.2, 0.25) is 17.7 Å². The number of amides is 1. The Morgan fingerprint density at radius 3 is 2.39 bits per heavy atom. The van der Waals surface area contributed by atoms with Gasteiger partial charge in [-0.15, -0.1) is 11.8 Å². The van der Waals surface area contributed by atoms with Gasteiger partial charge < -0.3 is 14.8 Å². The van der Waals surface area contributed by atoms with E-state index in [0.29, 0.717) is 40.8 Å². The number of carbonyl (C=O) groups excluding carboxylic acids is 1. The number of anilines is 1. The van der Waals surface area contributed by atoms with Gasteiger partial charge in [0.25, 0.3) is 0 Å². The highest BCUT2D eigenvalue weighted by Gasteiger charge is 2.25. The van der Waals surface area contributed by atoms with Crippen molar-refractivity contribution < 1.29 is 22.7 Å². The highest BCUT2D eigenvalue weighted by atomic mass is 32.2. The Morgan fingerprint density at radius 1 is 1.13 bits per heavy atom. The standard InChI is InChI=1S/C26H32N4O5S3/c1-34-22-14-23(35-2)29-21(28-22)16-36-24-15-27-26(37-24)30-25(31)20(13-8-17-6-4-5-7-17)18-9-11-19(12-10-18)38(3,32)33/h9-12,14-15,17,20H,4-8,13,16H2,1-3H3,(H,27,30,31)/t20-/m1/s1. The number of carbonyl (C=O) groups is 1. The van der Waals surface area contributed by atoms with E-state index < -0.39 is 9.84 Å². The number of aromatic nitrogens is 3. The van der Waals surface area contributed by atoms with Crippen LogP contribution in [0, 0.1) is 5.92 Å². The van der Waals surface area contributed by atoms with E-state index in [1.165, 1.54) is 69.3 Å². The Morgan fingerprint density at radius 2 is 1.79 bits per heavy atom. The SMILES string of the molecule is COc1cc(OC)nc(CSc2cnc(NC(=O)[C@H](CCC3CCCC3)c3ccc(S(C)(=O)=O)cc3)s2)n1. The molecule has 38 heavy (non-hydrogen) atoms. The van der Waals surface area contributed by atoms with Gasteiger partial charge in [-0.25, -0.2) is 13.4 Å². The van der Waals surface area contributed by atoms with Crippen molar-refractivity contribution in [3.63, 3.8) is 0 Å². The largest absolute Gasteiger partial charge is 0.481 e. The molecule has 0 radical (unpaired) electrons. The predicted molar refractivity (Wildman–Crippen MR) is 149 cm³/mol. The average Bonchev–Trinajstić information content (AvgIpc) is 3.59. The third-order valence-electron chi connectivity index (χ3n) is 6.57. The number of benzene rings is 1. The molecule has 9 nitrogen and oxygen atoms in total. The Labute approximate surface area is 231 Å². The summed E-state index contributed by atoms with van der Waals surface area (Å²) in [5, 5.41) is 3.50. The number of rotatable bonds is 12. The Kier molecular flexibility index (Phi) is 9.61. The van der Waals surface area contributed by atoms with Crippen LogP contribution >= 0.6 is 23.1 Å². The number of hydrogen-bond acceptors (Lipinski definition) is 10. The van der Waals surface area contributed by atoms with Crippen molar-refractivity contribution in [3.8, 4) is 11.8 Å². The first-order valence-electron chi connectivity index (χ1n) is 12.4. The lowest BCUT2D eigenvalue weighted by Crippen LogP contribution is -2.22. The van der Waals surface area contributed by atoms with Gasteiger partial charge in [-0.05, 0) is 36.5 Å². The summed E-state index contributed by atoms with van der Waals surface area (Å²) in [6.45, 7) is 0. The number of ether oxygens (including phenoxy) is 2. The second-order valence-corrected chi connectivity index (χ2v) is 13.6. The van der Waals surface area contributed by atoms with E-state index in [0.717, 1.165) is 16.2 Å². The second-order valence-electron chi connectivity index (χ2n) is 9.25. The minimum Gasteiger partial charge on any atom is -0.481 e. The van der Waals surface area contributed by atoms with Crippen molar-refractivity contribution >= 4 is 44.0 Å². The molecular formula is C26H32N4O5S3. The molecule has 0 saturated heterocycles. The van der Waals surface area contributed by atoms with Gasteiger partial charge in [0.15, 0.2) is 15.0 Å². The van der Waals surface area contributed by atoms with Crippen LogP contribution in [0.25, 0.3) is 0 Å². The monoisotopic (exact) mass is 576 g/mol. The molecule has 1 aliphatic carbocycles. The van der Waals surface area contributed by atoms with E-state index in [9.17, 15) is 13.2 Å². The first kappa shape index (κ1) is 28.3. The molecule has 1 amide bonds. The van der Waals surface area contributed by atoms with Crippen LogP contribution in [-0.2, 0) is 20.4 Å². The first-order chi connectivity index (χ1) is 18.2. The zero-order valence-electron chi connectivity index (χ0n) is 21.7. The molecule has 0 bridgehead atoms. The lowest BCUT2D eigenvalue weighted by atomic mass is 9.89. The molecule has 0 spiro atoms. The molecule has 1 aliphatic rings.